The average Bonchev–Trinajstić information content (AvgIpc) is 3.15. The summed E-state index contributed by atoms with van der Waals surface area (Å²) in [4.78, 5) is 11.4. The number of nitrogens with two attached hydrogens (primary N) is 1. The monoisotopic (exact) mass is 344 g/mol. The molecule has 0 bridgehead atoms. The number of carbonyl (C=O) groups is 1. The van der Waals surface area contributed by atoms with E-state index in [9.17, 15) is 10.1 Å². The van der Waals surface area contributed by atoms with E-state index in [0.29, 0.717) is 22.6 Å². The van der Waals surface area contributed by atoms with Crippen molar-refractivity contribution in [3.05, 3.63) is 64.6 Å². The standard InChI is InChI=1S/C19H12N4O3/c1-25-19(24)13-4-2-12(3-5-13)17-7-6-16(26-17)8-14(9-20)18(23)15(10-21)11-22/h2-8H,23H2,1H3/b14-8+. The number of furan rings is 1. The fourth-order valence-electron chi connectivity index (χ4n) is 2.07. The summed E-state index contributed by atoms with van der Waals surface area (Å²) in [5.41, 5.74) is 6.20. The van der Waals surface area contributed by atoms with Gasteiger partial charge in [-0.25, -0.2) is 4.79 Å². The lowest BCUT2D eigenvalue weighted by molar-refractivity contribution is 0.0600. The van der Waals surface area contributed by atoms with Crippen molar-refractivity contribution in [1.82, 2.24) is 0 Å². The first kappa shape index (κ1) is 18.1. The van der Waals surface area contributed by atoms with Crippen LogP contribution in [0.25, 0.3) is 17.4 Å². The topological polar surface area (TPSA) is 137 Å². The Morgan fingerprint density at radius 3 is 2.27 bits per heavy atom. The molecule has 126 valence electrons. The highest BCUT2D eigenvalue weighted by Crippen LogP contribution is 2.24. The number of hydrogen-bond donors (Lipinski definition) is 1. The number of carbonyl (C=O) groups excluding carboxylic acids is 1. The van der Waals surface area contributed by atoms with E-state index in [1.54, 1.807) is 48.5 Å². The molecule has 0 aliphatic carbocycles. The van der Waals surface area contributed by atoms with E-state index >= 15 is 0 Å². The van der Waals surface area contributed by atoms with Gasteiger partial charge in [0, 0.05) is 11.6 Å². The lowest BCUT2D eigenvalue weighted by Gasteiger charge is -2.01. The third-order valence-electron chi connectivity index (χ3n) is 3.41. The number of allylic oxidation sites excluding steroid dienone is 2. The average molecular weight is 344 g/mol. The van der Waals surface area contributed by atoms with Gasteiger partial charge in [-0.2, -0.15) is 15.8 Å². The minimum atomic E-state index is -0.439. The van der Waals surface area contributed by atoms with Crippen LogP contribution in [-0.2, 0) is 4.74 Å². The molecule has 0 unspecified atom stereocenters. The van der Waals surface area contributed by atoms with Crippen LogP contribution in [0.15, 0.2) is 57.7 Å². The molecule has 0 aliphatic heterocycles. The summed E-state index contributed by atoms with van der Waals surface area (Å²) >= 11 is 0. The minimum Gasteiger partial charge on any atom is -0.465 e. The lowest BCUT2D eigenvalue weighted by Crippen LogP contribution is -2.03. The van der Waals surface area contributed by atoms with Crippen LogP contribution in [0, 0.1) is 34.0 Å². The van der Waals surface area contributed by atoms with Crippen LogP contribution in [-0.4, -0.2) is 13.1 Å². The van der Waals surface area contributed by atoms with Crippen LogP contribution < -0.4 is 5.73 Å². The highest BCUT2D eigenvalue weighted by molar-refractivity contribution is 5.89. The van der Waals surface area contributed by atoms with E-state index in [2.05, 4.69) is 4.74 Å². The zero-order valence-corrected chi connectivity index (χ0v) is 13.7. The van der Waals surface area contributed by atoms with Crippen LogP contribution >= 0.6 is 0 Å². The van der Waals surface area contributed by atoms with E-state index in [1.165, 1.54) is 13.2 Å². The minimum absolute atomic E-state index is 0.0509. The number of nitrogens with zero attached hydrogens (tertiary/aromatic N) is 3. The Morgan fingerprint density at radius 1 is 1.08 bits per heavy atom. The number of esters is 1. The number of methoxy groups -OCH3 is 1. The smallest absolute Gasteiger partial charge is 0.337 e. The van der Waals surface area contributed by atoms with Crippen LogP contribution in [0.5, 0.6) is 0 Å². The summed E-state index contributed by atoms with van der Waals surface area (Å²) < 4.78 is 10.3. The molecule has 1 aromatic carbocycles. The zero-order valence-electron chi connectivity index (χ0n) is 13.7. The Balaban J connectivity index is 2.34. The molecule has 0 aliphatic rings. The first-order valence-electron chi connectivity index (χ1n) is 7.24. The molecule has 0 fully saturated rings. The Bertz CT molecular complexity index is 1010. The van der Waals surface area contributed by atoms with Crippen molar-refractivity contribution >= 4 is 12.0 Å². The maximum Gasteiger partial charge on any atom is 0.337 e. The van der Waals surface area contributed by atoms with Gasteiger partial charge < -0.3 is 14.9 Å². The largest absolute Gasteiger partial charge is 0.465 e. The van der Waals surface area contributed by atoms with Gasteiger partial charge in [0.1, 0.15) is 29.7 Å². The second-order valence-electron chi connectivity index (χ2n) is 4.95. The summed E-state index contributed by atoms with van der Waals surface area (Å²) in [6, 6.07) is 15.0. The summed E-state index contributed by atoms with van der Waals surface area (Å²) in [6.45, 7) is 0. The van der Waals surface area contributed by atoms with Gasteiger partial charge in [0.05, 0.1) is 23.9 Å². The zero-order chi connectivity index (χ0) is 19.1. The third kappa shape index (κ3) is 3.79. The maximum absolute atomic E-state index is 11.4. The molecule has 7 nitrogen and oxygen atoms in total. The third-order valence-corrected chi connectivity index (χ3v) is 3.41. The van der Waals surface area contributed by atoms with Gasteiger partial charge in [-0.3, -0.25) is 0 Å². The lowest BCUT2D eigenvalue weighted by atomic mass is 10.1. The maximum atomic E-state index is 11.4. The molecule has 26 heavy (non-hydrogen) atoms. The van der Waals surface area contributed by atoms with Crippen molar-refractivity contribution in [2.75, 3.05) is 7.11 Å². The Hall–Kier alpha value is -4.28. The van der Waals surface area contributed by atoms with E-state index < -0.39 is 5.97 Å². The number of rotatable bonds is 4. The normalized spacial score (nSPS) is 10.2. The highest BCUT2D eigenvalue weighted by atomic mass is 16.5. The van der Waals surface area contributed by atoms with Crippen molar-refractivity contribution in [2.24, 2.45) is 5.73 Å². The van der Waals surface area contributed by atoms with Crippen LogP contribution in [0.3, 0.4) is 0 Å². The van der Waals surface area contributed by atoms with Gasteiger partial charge in [0.25, 0.3) is 0 Å². The molecule has 1 heterocycles. The first-order chi connectivity index (χ1) is 12.5. The molecular weight excluding hydrogens is 332 g/mol. The molecule has 2 rings (SSSR count). The predicted molar refractivity (Wildman–Crippen MR) is 91.5 cm³/mol. The van der Waals surface area contributed by atoms with Crippen LogP contribution in [0.1, 0.15) is 16.1 Å². The van der Waals surface area contributed by atoms with Gasteiger partial charge in [-0.05, 0) is 24.3 Å². The van der Waals surface area contributed by atoms with Crippen molar-refractivity contribution in [1.29, 1.82) is 15.8 Å². The highest BCUT2D eigenvalue weighted by Gasteiger charge is 2.11. The molecule has 0 saturated heterocycles. The van der Waals surface area contributed by atoms with Crippen molar-refractivity contribution in [2.45, 2.75) is 0 Å². The van der Waals surface area contributed by atoms with Crippen molar-refractivity contribution in [3.8, 4) is 29.5 Å². The first-order valence-corrected chi connectivity index (χ1v) is 7.24. The SMILES string of the molecule is COC(=O)c1ccc(-c2ccc(/C=C(\C#N)C(N)=C(C#N)C#N)o2)cc1. The van der Waals surface area contributed by atoms with Gasteiger partial charge in [0.15, 0.2) is 5.57 Å². The number of nitriles is 3. The second kappa shape index (κ2) is 8.01. The van der Waals surface area contributed by atoms with E-state index in [0.717, 1.165) is 0 Å². The summed E-state index contributed by atoms with van der Waals surface area (Å²) in [5.74, 6) is 0.395. The molecule has 0 atom stereocenters. The second-order valence-corrected chi connectivity index (χ2v) is 4.95. The molecule has 0 amide bonds. The quantitative estimate of drug-likeness (QED) is 0.511. The van der Waals surface area contributed by atoms with E-state index in [-0.39, 0.29) is 16.8 Å². The number of hydrogen-bond acceptors (Lipinski definition) is 7. The Labute approximate surface area is 149 Å². The summed E-state index contributed by atoms with van der Waals surface area (Å²) in [6.07, 6.45) is 1.34. The molecule has 2 aromatic rings. The fourth-order valence-corrected chi connectivity index (χ4v) is 2.07. The van der Waals surface area contributed by atoms with Crippen molar-refractivity contribution in [3.63, 3.8) is 0 Å². The number of benzene rings is 1. The molecular formula is C19H12N4O3. The van der Waals surface area contributed by atoms with Gasteiger partial charge in [-0.1, -0.05) is 12.1 Å². The fraction of sp³-hybridized carbons (Fsp3) is 0.0526. The summed E-state index contributed by atoms with van der Waals surface area (Å²) in [5, 5.41) is 26.9. The predicted octanol–water partition coefficient (Wildman–Crippen LogP) is 2.90. The van der Waals surface area contributed by atoms with Gasteiger partial charge in [-0.15, -0.1) is 0 Å². The molecule has 0 radical (unpaired) electrons. The van der Waals surface area contributed by atoms with Gasteiger partial charge >= 0.3 is 5.97 Å². The molecule has 0 spiro atoms. The van der Waals surface area contributed by atoms with Gasteiger partial charge in [0.2, 0.25) is 0 Å². The van der Waals surface area contributed by atoms with Crippen molar-refractivity contribution < 1.29 is 13.9 Å². The summed E-state index contributed by atoms with van der Waals surface area (Å²) in [7, 11) is 1.30. The van der Waals surface area contributed by atoms with Crippen LogP contribution in [0.2, 0.25) is 0 Å². The molecule has 7 heteroatoms. The Morgan fingerprint density at radius 2 is 1.73 bits per heavy atom. The Kier molecular flexibility index (Phi) is 5.56. The molecule has 0 saturated carbocycles. The van der Waals surface area contributed by atoms with E-state index in [1.807, 2.05) is 6.07 Å². The van der Waals surface area contributed by atoms with Crippen LogP contribution in [0.4, 0.5) is 0 Å². The number of ether oxygens (including phenoxy) is 1. The van der Waals surface area contributed by atoms with E-state index in [4.69, 9.17) is 20.7 Å². The molecule has 2 N–H and O–H groups in total. The molecule has 1 aromatic heterocycles.